The molecule has 1 heterocycles. The van der Waals surface area contributed by atoms with E-state index in [0.29, 0.717) is 6.54 Å². The van der Waals surface area contributed by atoms with Crippen molar-refractivity contribution < 1.29 is 4.79 Å². The summed E-state index contributed by atoms with van der Waals surface area (Å²) in [6.07, 6.45) is 0. The summed E-state index contributed by atoms with van der Waals surface area (Å²) in [6, 6.07) is 19.4. The van der Waals surface area contributed by atoms with E-state index in [1.165, 1.54) is 5.56 Å². The second kappa shape index (κ2) is 9.41. The maximum absolute atomic E-state index is 12.5. The number of carbonyl (C=O) groups excluding carboxylic acids is 1. The number of thiazole rings is 1. The average molecular weight is 488 g/mol. The summed E-state index contributed by atoms with van der Waals surface area (Å²) in [5, 5.41) is 6.54. The van der Waals surface area contributed by atoms with Crippen molar-refractivity contribution in [2.24, 2.45) is 0 Å². The maximum atomic E-state index is 12.5. The lowest BCUT2D eigenvalue weighted by Crippen LogP contribution is -2.23. The highest BCUT2D eigenvalue weighted by Gasteiger charge is 2.17. The lowest BCUT2D eigenvalue weighted by molar-refractivity contribution is 0.0951. The first-order valence-electron chi connectivity index (χ1n) is 9.46. The smallest absolute Gasteiger partial charge is 0.254 e. The van der Waals surface area contributed by atoms with Crippen LogP contribution in [0.5, 0.6) is 0 Å². The zero-order valence-corrected chi connectivity index (χ0v) is 19.5. The van der Waals surface area contributed by atoms with Crippen molar-refractivity contribution in [3.63, 3.8) is 0 Å². The first-order chi connectivity index (χ1) is 14.9. The molecule has 7 heteroatoms. The van der Waals surface area contributed by atoms with E-state index in [0.717, 1.165) is 27.4 Å². The third kappa shape index (κ3) is 4.94. The number of hydrogen-bond donors (Lipinski definition) is 1. The zero-order valence-electron chi connectivity index (χ0n) is 16.5. The number of carbonyl (C=O) groups is 1. The number of aromatic nitrogens is 1. The van der Waals surface area contributed by atoms with E-state index in [1.807, 2.05) is 24.3 Å². The van der Waals surface area contributed by atoms with Gasteiger partial charge in [0.15, 0.2) is 0 Å². The topological polar surface area (TPSA) is 42.0 Å². The van der Waals surface area contributed by atoms with Crippen molar-refractivity contribution in [3.05, 3.63) is 97.8 Å². The maximum Gasteiger partial charge on any atom is 0.254 e. The molecule has 1 aromatic heterocycles. The Bertz CT molecular complexity index is 1230. The Balaban J connectivity index is 1.44. The number of aryl methyl sites for hydroxylation is 1. The molecule has 156 valence electrons. The highest BCUT2D eigenvalue weighted by molar-refractivity contribution is 7.13. The summed E-state index contributed by atoms with van der Waals surface area (Å²) in [4.78, 5) is 17.3. The van der Waals surface area contributed by atoms with E-state index in [-0.39, 0.29) is 26.5 Å². The molecule has 0 radical (unpaired) electrons. The standard InChI is InChI=1S/C24H17Cl3N2OS/c1-14-2-6-16(7-3-14)20-13-31-24(29-20)17-8-4-15(5-9-17)12-28-23(30)21-18(25)10-11-19(26)22(21)27/h2-11,13H,12H2,1H3,(H,28,30). The highest BCUT2D eigenvalue weighted by Crippen LogP contribution is 2.32. The van der Waals surface area contributed by atoms with Gasteiger partial charge in [-0.05, 0) is 24.6 Å². The van der Waals surface area contributed by atoms with Gasteiger partial charge in [0.1, 0.15) is 5.01 Å². The largest absolute Gasteiger partial charge is 0.348 e. The van der Waals surface area contributed by atoms with E-state index in [4.69, 9.17) is 39.8 Å². The fourth-order valence-corrected chi connectivity index (χ4v) is 4.57. The van der Waals surface area contributed by atoms with Gasteiger partial charge in [0.2, 0.25) is 0 Å². The number of halogens is 3. The first-order valence-corrected chi connectivity index (χ1v) is 11.5. The van der Waals surface area contributed by atoms with Crippen LogP contribution in [0.2, 0.25) is 15.1 Å². The molecule has 1 N–H and O–H groups in total. The summed E-state index contributed by atoms with van der Waals surface area (Å²) in [5.41, 5.74) is 5.44. The molecule has 3 nitrogen and oxygen atoms in total. The second-order valence-corrected chi connectivity index (χ2v) is 9.05. The third-order valence-corrected chi connectivity index (χ3v) is 6.79. The van der Waals surface area contributed by atoms with E-state index < -0.39 is 0 Å². The van der Waals surface area contributed by atoms with Gasteiger partial charge in [-0.2, -0.15) is 0 Å². The summed E-state index contributed by atoms with van der Waals surface area (Å²) in [7, 11) is 0. The summed E-state index contributed by atoms with van der Waals surface area (Å²) < 4.78 is 0. The van der Waals surface area contributed by atoms with Crippen molar-refractivity contribution in [2.75, 3.05) is 0 Å². The molecule has 31 heavy (non-hydrogen) atoms. The molecule has 4 rings (SSSR count). The van der Waals surface area contributed by atoms with Gasteiger partial charge in [-0.1, -0.05) is 88.9 Å². The molecular weight excluding hydrogens is 471 g/mol. The van der Waals surface area contributed by atoms with Gasteiger partial charge >= 0.3 is 0 Å². The molecule has 0 unspecified atom stereocenters. The van der Waals surface area contributed by atoms with Crippen molar-refractivity contribution in [2.45, 2.75) is 13.5 Å². The van der Waals surface area contributed by atoms with Crippen LogP contribution in [0.1, 0.15) is 21.5 Å². The van der Waals surface area contributed by atoms with Crippen LogP contribution in [0.15, 0.2) is 66.0 Å². The predicted octanol–water partition coefficient (Wildman–Crippen LogP) is 7.68. The van der Waals surface area contributed by atoms with Crippen LogP contribution in [0.25, 0.3) is 21.8 Å². The van der Waals surface area contributed by atoms with Crippen molar-refractivity contribution >= 4 is 52.0 Å². The van der Waals surface area contributed by atoms with Gasteiger partial charge in [-0.3, -0.25) is 4.79 Å². The second-order valence-electron chi connectivity index (χ2n) is 7.00. The molecule has 0 aliphatic heterocycles. The van der Waals surface area contributed by atoms with Crippen LogP contribution in [0.3, 0.4) is 0 Å². The summed E-state index contributed by atoms with van der Waals surface area (Å²) in [6.45, 7) is 2.41. The molecule has 0 aliphatic carbocycles. The van der Waals surface area contributed by atoms with Gasteiger partial charge in [0, 0.05) is 23.1 Å². The molecule has 1 amide bonds. The number of benzene rings is 3. The molecule has 0 saturated carbocycles. The number of amides is 1. The van der Waals surface area contributed by atoms with Crippen LogP contribution in [-0.4, -0.2) is 10.9 Å². The van der Waals surface area contributed by atoms with E-state index >= 15 is 0 Å². The highest BCUT2D eigenvalue weighted by atomic mass is 35.5. The molecule has 4 aromatic rings. The van der Waals surface area contributed by atoms with Crippen molar-refractivity contribution in [1.82, 2.24) is 10.3 Å². The van der Waals surface area contributed by atoms with Crippen LogP contribution in [0, 0.1) is 6.92 Å². The molecule has 3 aromatic carbocycles. The summed E-state index contributed by atoms with van der Waals surface area (Å²) >= 11 is 19.8. The Morgan fingerprint density at radius 1 is 0.903 bits per heavy atom. The minimum Gasteiger partial charge on any atom is -0.348 e. The summed E-state index contributed by atoms with van der Waals surface area (Å²) in [5.74, 6) is -0.371. The van der Waals surface area contributed by atoms with Gasteiger partial charge in [0.25, 0.3) is 5.91 Å². The van der Waals surface area contributed by atoms with Crippen molar-refractivity contribution in [3.8, 4) is 21.8 Å². The Hall–Kier alpha value is -2.37. The lowest BCUT2D eigenvalue weighted by Gasteiger charge is -2.10. The van der Waals surface area contributed by atoms with Gasteiger partial charge in [-0.25, -0.2) is 4.98 Å². The minimum absolute atomic E-state index is 0.148. The van der Waals surface area contributed by atoms with Crippen LogP contribution in [-0.2, 0) is 6.54 Å². The third-order valence-electron chi connectivity index (χ3n) is 4.78. The molecule has 0 fully saturated rings. The van der Waals surface area contributed by atoms with E-state index in [2.05, 4.69) is 41.9 Å². The normalized spacial score (nSPS) is 10.8. The van der Waals surface area contributed by atoms with Gasteiger partial charge < -0.3 is 5.32 Å². The molecule has 0 atom stereocenters. The number of nitrogens with one attached hydrogen (secondary N) is 1. The SMILES string of the molecule is Cc1ccc(-c2csc(-c3ccc(CNC(=O)c4c(Cl)ccc(Cl)c4Cl)cc3)n2)cc1. The van der Waals surface area contributed by atoms with Crippen LogP contribution < -0.4 is 5.32 Å². The Kier molecular flexibility index (Phi) is 6.63. The molecule has 0 aliphatic rings. The van der Waals surface area contributed by atoms with Crippen LogP contribution in [0.4, 0.5) is 0 Å². The number of hydrogen-bond acceptors (Lipinski definition) is 3. The van der Waals surface area contributed by atoms with Crippen molar-refractivity contribution in [1.29, 1.82) is 0 Å². The minimum atomic E-state index is -0.371. The number of rotatable bonds is 5. The Morgan fingerprint density at radius 3 is 2.26 bits per heavy atom. The monoisotopic (exact) mass is 486 g/mol. The van der Waals surface area contributed by atoms with Crippen LogP contribution >= 0.6 is 46.1 Å². The van der Waals surface area contributed by atoms with Gasteiger partial charge in [0.05, 0.1) is 26.3 Å². The Morgan fingerprint density at radius 2 is 1.55 bits per heavy atom. The Labute approximate surface area is 199 Å². The van der Waals surface area contributed by atoms with E-state index in [9.17, 15) is 4.79 Å². The fraction of sp³-hybridized carbons (Fsp3) is 0.0833. The fourth-order valence-electron chi connectivity index (χ4n) is 3.03. The quantitative estimate of drug-likeness (QED) is 0.293. The molecule has 0 spiro atoms. The first kappa shape index (κ1) is 21.8. The molecule has 0 bridgehead atoms. The van der Waals surface area contributed by atoms with E-state index in [1.54, 1.807) is 23.5 Å². The number of nitrogens with zero attached hydrogens (tertiary/aromatic N) is 1. The molecule has 0 saturated heterocycles. The van der Waals surface area contributed by atoms with Gasteiger partial charge in [-0.15, -0.1) is 11.3 Å². The molecular formula is C24H17Cl3N2OS. The predicted molar refractivity (Wildman–Crippen MR) is 130 cm³/mol. The lowest BCUT2D eigenvalue weighted by atomic mass is 10.1. The average Bonchev–Trinajstić information content (AvgIpc) is 3.26. The zero-order chi connectivity index (χ0) is 22.0.